The van der Waals surface area contributed by atoms with Crippen LogP contribution in [0, 0.1) is 0 Å². The minimum Gasteiger partial charge on any atom is -0.355 e. The summed E-state index contributed by atoms with van der Waals surface area (Å²) in [6.45, 7) is 3.65. The van der Waals surface area contributed by atoms with Crippen LogP contribution < -0.4 is 16.0 Å². The van der Waals surface area contributed by atoms with Gasteiger partial charge < -0.3 is 16.0 Å². The van der Waals surface area contributed by atoms with Crippen molar-refractivity contribution in [2.75, 3.05) is 26.7 Å². The van der Waals surface area contributed by atoms with Crippen LogP contribution in [0.2, 0.25) is 0 Å². The zero-order valence-corrected chi connectivity index (χ0v) is 13.6. The molecule has 1 aliphatic rings. The second-order valence-electron chi connectivity index (χ2n) is 5.18. The van der Waals surface area contributed by atoms with Crippen molar-refractivity contribution in [1.82, 2.24) is 20.9 Å². The highest BCUT2D eigenvalue weighted by atomic mass is 16.2. The number of guanidine groups is 1. The summed E-state index contributed by atoms with van der Waals surface area (Å²) in [6.07, 6.45) is 0.982. The largest absolute Gasteiger partial charge is 0.355 e. The highest BCUT2D eigenvalue weighted by Crippen LogP contribution is 2.08. The average Bonchev–Trinajstić information content (AvgIpc) is 2.89. The second kappa shape index (κ2) is 8.17. The Morgan fingerprint density at radius 2 is 2.00 bits per heavy atom. The number of hydrogen-bond acceptors (Lipinski definition) is 3. The van der Waals surface area contributed by atoms with Gasteiger partial charge in [0.15, 0.2) is 5.96 Å². The molecule has 3 N–H and O–H groups in total. The summed E-state index contributed by atoms with van der Waals surface area (Å²) in [7, 11) is 1.69. The quantitative estimate of drug-likeness (QED) is 0.404. The summed E-state index contributed by atoms with van der Waals surface area (Å²) in [6, 6.07) is 7.92. The fourth-order valence-electron chi connectivity index (χ4n) is 2.44. The maximum atomic E-state index is 11.5. The molecular formula is C16H23N5O2. The molecule has 3 amide bonds. The number of nitrogens with zero attached hydrogens (tertiary/aromatic N) is 2. The molecule has 1 aromatic carbocycles. The first kappa shape index (κ1) is 16.8. The molecule has 0 radical (unpaired) electrons. The molecule has 1 heterocycles. The van der Waals surface area contributed by atoms with Crippen LogP contribution in [0.3, 0.4) is 0 Å². The minimum absolute atomic E-state index is 0.0829. The Kier molecular flexibility index (Phi) is 5.96. The lowest BCUT2D eigenvalue weighted by Gasteiger charge is -2.16. The number of carbonyl (C=O) groups is 2. The molecule has 7 heteroatoms. The van der Waals surface area contributed by atoms with E-state index >= 15 is 0 Å². The van der Waals surface area contributed by atoms with Crippen LogP contribution >= 0.6 is 0 Å². The van der Waals surface area contributed by atoms with E-state index in [1.165, 1.54) is 16.0 Å². The van der Waals surface area contributed by atoms with Gasteiger partial charge in [0.25, 0.3) is 0 Å². The lowest BCUT2D eigenvalue weighted by Crippen LogP contribution is -2.43. The topological polar surface area (TPSA) is 85.8 Å². The first-order valence-corrected chi connectivity index (χ1v) is 7.75. The van der Waals surface area contributed by atoms with Crippen molar-refractivity contribution in [3.8, 4) is 0 Å². The normalized spacial score (nSPS) is 14.9. The van der Waals surface area contributed by atoms with Gasteiger partial charge in [-0.1, -0.05) is 31.2 Å². The molecule has 23 heavy (non-hydrogen) atoms. The Balaban J connectivity index is 1.80. The monoisotopic (exact) mass is 317 g/mol. The molecule has 0 aliphatic carbocycles. The molecule has 0 atom stereocenters. The smallest absolute Gasteiger partial charge is 0.324 e. The van der Waals surface area contributed by atoms with Gasteiger partial charge in [0.1, 0.15) is 0 Å². The Morgan fingerprint density at radius 3 is 2.61 bits per heavy atom. The van der Waals surface area contributed by atoms with E-state index < -0.39 is 0 Å². The van der Waals surface area contributed by atoms with Gasteiger partial charge in [-0.2, -0.15) is 0 Å². The number of carbonyl (C=O) groups excluding carboxylic acids is 2. The fraction of sp³-hybridized carbons (Fsp3) is 0.438. The molecular weight excluding hydrogens is 294 g/mol. The van der Waals surface area contributed by atoms with E-state index in [4.69, 9.17) is 0 Å². The van der Waals surface area contributed by atoms with Crippen molar-refractivity contribution in [2.45, 2.75) is 19.9 Å². The van der Waals surface area contributed by atoms with E-state index in [1.807, 2.05) is 12.1 Å². The average molecular weight is 317 g/mol. The van der Waals surface area contributed by atoms with Crippen LogP contribution in [-0.2, 0) is 17.8 Å². The maximum absolute atomic E-state index is 11.5. The lowest BCUT2D eigenvalue weighted by atomic mass is 10.1. The van der Waals surface area contributed by atoms with E-state index in [1.54, 1.807) is 7.05 Å². The van der Waals surface area contributed by atoms with E-state index in [0.717, 1.165) is 6.42 Å². The summed E-state index contributed by atoms with van der Waals surface area (Å²) in [4.78, 5) is 28.3. The summed E-state index contributed by atoms with van der Waals surface area (Å²) < 4.78 is 0. The number of urea groups is 1. The van der Waals surface area contributed by atoms with Crippen molar-refractivity contribution >= 4 is 17.9 Å². The van der Waals surface area contributed by atoms with Gasteiger partial charge >= 0.3 is 6.03 Å². The Morgan fingerprint density at radius 1 is 1.26 bits per heavy atom. The molecule has 0 unspecified atom stereocenters. The third kappa shape index (κ3) is 4.45. The molecule has 1 aliphatic heterocycles. The Hall–Kier alpha value is -2.57. The summed E-state index contributed by atoms with van der Waals surface area (Å²) in [5.74, 6) is 0.444. The number of benzene rings is 1. The molecule has 0 spiro atoms. The number of amides is 3. The van der Waals surface area contributed by atoms with E-state index in [9.17, 15) is 9.59 Å². The van der Waals surface area contributed by atoms with Crippen LogP contribution in [0.5, 0.6) is 0 Å². The second-order valence-corrected chi connectivity index (χ2v) is 5.18. The third-order valence-electron chi connectivity index (χ3n) is 3.73. The van der Waals surface area contributed by atoms with Gasteiger partial charge in [0.05, 0.1) is 6.54 Å². The predicted octanol–water partition coefficient (Wildman–Crippen LogP) is 0.466. The number of hydrogen-bond donors (Lipinski definition) is 3. The predicted molar refractivity (Wildman–Crippen MR) is 89.1 cm³/mol. The van der Waals surface area contributed by atoms with Gasteiger partial charge in [-0.05, 0) is 17.5 Å². The summed E-state index contributed by atoms with van der Waals surface area (Å²) >= 11 is 0. The van der Waals surface area contributed by atoms with Gasteiger partial charge in [-0.25, -0.2) is 4.79 Å². The third-order valence-corrected chi connectivity index (χ3v) is 3.73. The first-order chi connectivity index (χ1) is 11.2. The number of aliphatic imine (C=N–C) groups is 1. The SMILES string of the molecule is CCc1ccccc1CNC(=NC)NCCN1C(=O)CNC1=O. The molecule has 124 valence electrons. The van der Waals surface area contributed by atoms with Gasteiger partial charge in [0.2, 0.25) is 5.91 Å². The molecule has 1 saturated heterocycles. The number of aryl methyl sites for hydroxylation is 1. The lowest BCUT2D eigenvalue weighted by molar-refractivity contribution is -0.124. The number of rotatable bonds is 6. The standard InChI is InChI=1S/C16H23N5O2/c1-3-12-6-4-5-7-13(12)10-19-15(17-2)18-8-9-21-14(22)11-20-16(21)23/h4-7H,3,8-11H2,1-2H3,(H,20,23)(H2,17,18,19). The highest BCUT2D eigenvalue weighted by Gasteiger charge is 2.27. The van der Waals surface area contributed by atoms with Crippen molar-refractivity contribution in [3.63, 3.8) is 0 Å². The molecule has 7 nitrogen and oxygen atoms in total. The van der Waals surface area contributed by atoms with Crippen LogP contribution in [0.15, 0.2) is 29.3 Å². The van der Waals surface area contributed by atoms with Crippen molar-refractivity contribution in [2.24, 2.45) is 4.99 Å². The summed E-state index contributed by atoms with van der Waals surface area (Å²) in [5.41, 5.74) is 2.53. The van der Waals surface area contributed by atoms with Gasteiger partial charge in [0, 0.05) is 26.7 Å². The summed E-state index contributed by atoms with van der Waals surface area (Å²) in [5, 5.41) is 8.85. The molecule has 1 aromatic rings. The Labute approximate surface area is 136 Å². The van der Waals surface area contributed by atoms with Crippen LogP contribution in [0.1, 0.15) is 18.1 Å². The molecule has 0 aromatic heterocycles. The van der Waals surface area contributed by atoms with E-state index in [-0.39, 0.29) is 18.5 Å². The molecule has 0 bridgehead atoms. The van der Waals surface area contributed by atoms with Crippen LogP contribution in [-0.4, -0.2) is 49.5 Å². The first-order valence-electron chi connectivity index (χ1n) is 7.75. The van der Waals surface area contributed by atoms with Crippen LogP contribution in [0.4, 0.5) is 4.79 Å². The van der Waals surface area contributed by atoms with Crippen molar-refractivity contribution in [3.05, 3.63) is 35.4 Å². The van der Waals surface area contributed by atoms with Crippen molar-refractivity contribution in [1.29, 1.82) is 0 Å². The van der Waals surface area contributed by atoms with Gasteiger partial charge in [-0.3, -0.25) is 14.7 Å². The molecule has 0 saturated carbocycles. The van der Waals surface area contributed by atoms with Crippen LogP contribution in [0.25, 0.3) is 0 Å². The zero-order chi connectivity index (χ0) is 16.7. The Bertz CT molecular complexity index is 584. The van der Waals surface area contributed by atoms with Gasteiger partial charge in [-0.15, -0.1) is 0 Å². The van der Waals surface area contributed by atoms with E-state index in [2.05, 4.69) is 40.0 Å². The zero-order valence-electron chi connectivity index (χ0n) is 13.6. The maximum Gasteiger partial charge on any atom is 0.324 e. The molecule has 2 rings (SSSR count). The van der Waals surface area contributed by atoms with E-state index in [0.29, 0.717) is 25.6 Å². The fourth-order valence-corrected chi connectivity index (χ4v) is 2.44. The number of imide groups is 1. The molecule has 1 fully saturated rings. The van der Waals surface area contributed by atoms with Crippen molar-refractivity contribution < 1.29 is 9.59 Å². The minimum atomic E-state index is -0.336. The highest BCUT2D eigenvalue weighted by molar-refractivity contribution is 6.01. The number of nitrogens with one attached hydrogen (secondary N) is 3.